The minimum Gasteiger partial charge on any atom is -0.365 e. The maximum absolute atomic E-state index is 6.09. The van der Waals surface area contributed by atoms with Crippen molar-refractivity contribution in [2.75, 3.05) is 4.90 Å². The van der Waals surface area contributed by atoms with Gasteiger partial charge < -0.3 is 10.6 Å². The number of rotatable bonds is 6. The number of hydrogen-bond donors (Lipinski definition) is 1. The van der Waals surface area contributed by atoms with Crippen LogP contribution in [0.4, 0.5) is 5.69 Å². The summed E-state index contributed by atoms with van der Waals surface area (Å²) in [5.41, 5.74) is 9.89. The zero-order valence-corrected chi connectivity index (χ0v) is 13.3. The zero-order valence-electron chi connectivity index (χ0n) is 13.3. The zero-order chi connectivity index (χ0) is 15.2. The van der Waals surface area contributed by atoms with Crippen molar-refractivity contribution in [1.82, 2.24) is 0 Å². The van der Waals surface area contributed by atoms with E-state index >= 15 is 0 Å². The molecule has 2 aromatic rings. The Morgan fingerprint density at radius 3 is 2.10 bits per heavy atom. The van der Waals surface area contributed by atoms with Crippen LogP contribution in [0.25, 0.3) is 0 Å². The third kappa shape index (κ3) is 4.08. The lowest BCUT2D eigenvalue weighted by Gasteiger charge is -2.29. The van der Waals surface area contributed by atoms with Gasteiger partial charge in [-0.3, -0.25) is 0 Å². The van der Waals surface area contributed by atoms with Gasteiger partial charge in [0.15, 0.2) is 0 Å². The molecule has 0 heterocycles. The second-order valence-corrected chi connectivity index (χ2v) is 5.81. The smallest absolute Gasteiger partial charge is 0.0432 e. The summed E-state index contributed by atoms with van der Waals surface area (Å²) in [4.78, 5) is 2.41. The Hall–Kier alpha value is -1.80. The molecule has 0 aromatic heterocycles. The average Bonchev–Trinajstić information content (AvgIpc) is 2.53. The first-order valence-electron chi connectivity index (χ1n) is 7.78. The van der Waals surface area contributed by atoms with E-state index < -0.39 is 0 Å². The predicted molar refractivity (Wildman–Crippen MR) is 91.4 cm³/mol. The fourth-order valence-corrected chi connectivity index (χ4v) is 2.50. The predicted octanol–water partition coefficient (Wildman–Crippen LogP) is 4.51. The maximum Gasteiger partial charge on any atom is 0.0432 e. The molecule has 2 rings (SSSR count). The minimum absolute atomic E-state index is 0.140. The van der Waals surface area contributed by atoms with Gasteiger partial charge in [-0.15, -0.1) is 0 Å². The fourth-order valence-electron chi connectivity index (χ4n) is 2.50. The Labute approximate surface area is 128 Å². The van der Waals surface area contributed by atoms with Gasteiger partial charge in [-0.05, 0) is 43.5 Å². The van der Waals surface area contributed by atoms with Crippen LogP contribution in [0.2, 0.25) is 0 Å². The maximum atomic E-state index is 6.09. The van der Waals surface area contributed by atoms with Crippen molar-refractivity contribution in [3.05, 3.63) is 65.7 Å². The van der Waals surface area contributed by atoms with Crippen LogP contribution in [-0.2, 0) is 6.54 Å². The van der Waals surface area contributed by atoms with Crippen molar-refractivity contribution >= 4 is 5.69 Å². The van der Waals surface area contributed by atoms with Gasteiger partial charge in [0.05, 0.1) is 0 Å². The van der Waals surface area contributed by atoms with Crippen molar-refractivity contribution in [3.8, 4) is 0 Å². The lowest BCUT2D eigenvalue weighted by atomic mass is 10.0. The van der Waals surface area contributed by atoms with Crippen LogP contribution >= 0.6 is 0 Å². The Morgan fingerprint density at radius 1 is 0.952 bits per heavy atom. The summed E-state index contributed by atoms with van der Waals surface area (Å²) >= 11 is 0. The molecular weight excluding hydrogens is 256 g/mol. The van der Waals surface area contributed by atoms with Crippen molar-refractivity contribution in [2.24, 2.45) is 5.73 Å². The van der Waals surface area contributed by atoms with Gasteiger partial charge in [0, 0.05) is 24.3 Å². The van der Waals surface area contributed by atoms with E-state index in [1.54, 1.807) is 0 Å². The standard InChI is InChI=1S/C19H26N2/c1-4-19(20)17-10-12-18(13-11-17)21(15(2)3)14-16-8-6-5-7-9-16/h5-13,15,19H,4,14,20H2,1-3H3/t19-/m1/s1. The van der Waals surface area contributed by atoms with E-state index in [0.29, 0.717) is 6.04 Å². The van der Waals surface area contributed by atoms with Crippen molar-refractivity contribution in [3.63, 3.8) is 0 Å². The van der Waals surface area contributed by atoms with Crippen LogP contribution in [0.5, 0.6) is 0 Å². The molecule has 0 unspecified atom stereocenters. The molecular formula is C19H26N2. The quantitative estimate of drug-likeness (QED) is 0.844. The average molecular weight is 282 g/mol. The summed E-state index contributed by atoms with van der Waals surface area (Å²) in [6.07, 6.45) is 0.970. The molecule has 0 aliphatic rings. The van der Waals surface area contributed by atoms with E-state index in [1.165, 1.54) is 16.8 Å². The van der Waals surface area contributed by atoms with E-state index in [2.05, 4.69) is 80.3 Å². The molecule has 0 bridgehead atoms. The van der Waals surface area contributed by atoms with Gasteiger partial charge in [0.25, 0.3) is 0 Å². The third-order valence-corrected chi connectivity index (χ3v) is 3.91. The molecule has 112 valence electrons. The molecule has 21 heavy (non-hydrogen) atoms. The van der Waals surface area contributed by atoms with E-state index in [4.69, 9.17) is 5.73 Å². The van der Waals surface area contributed by atoms with Crippen molar-refractivity contribution in [2.45, 2.75) is 45.8 Å². The second-order valence-electron chi connectivity index (χ2n) is 5.81. The van der Waals surface area contributed by atoms with Crippen LogP contribution in [0.1, 0.15) is 44.4 Å². The van der Waals surface area contributed by atoms with Crippen molar-refractivity contribution < 1.29 is 0 Å². The van der Waals surface area contributed by atoms with Gasteiger partial charge in [-0.2, -0.15) is 0 Å². The van der Waals surface area contributed by atoms with Gasteiger partial charge in [0.2, 0.25) is 0 Å². The van der Waals surface area contributed by atoms with Crippen LogP contribution in [0, 0.1) is 0 Å². The fraction of sp³-hybridized carbons (Fsp3) is 0.368. The highest BCUT2D eigenvalue weighted by atomic mass is 15.1. The molecule has 0 spiro atoms. The molecule has 2 heteroatoms. The lowest BCUT2D eigenvalue weighted by Crippen LogP contribution is -2.30. The van der Waals surface area contributed by atoms with E-state index in [9.17, 15) is 0 Å². The number of nitrogens with two attached hydrogens (primary N) is 1. The number of benzene rings is 2. The number of hydrogen-bond acceptors (Lipinski definition) is 2. The van der Waals surface area contributed by atoms with Gasteiger partial charge in [0.1, 0.15) is 0 Å². The lowest BCUT2D eigenvalue weighted by molar-refractivity contribution is 0.679. The van der Waals surface area contributed by atoms with Crippen LogP contribution in [0.15, 0.2) is 54.6 Å². The highest BCUT2D eigenvalue weighted by molar-refractivity contribution is 5.49. The molecule has 0 saturated carbocycles. The minimum atomic E-state index is 0.140. The third-order valence-electron chi connectivity index (χ3n) is 3.91. The first-order chi connectivity index (χ1) is 10.1. The monoisotopic (exact) mass is 282 g/mol. The second kappa shape index (κ2) is 7.28. The molecule has 0 aliphatic carbocycles. The SMILES string of the molecule is CC[C@@H](N)c1ccc(N(Cc2ccccc2)C(C)C)cc1. The Bertz CT molecular complexity index is 531. The van der Waals surface area contributed by atoms with Gasteiger partial charge in [-0.1, -0.05) is 49.4 Å². The summed E-state index contributed by atoms with van der Waals surface area (Å²) in [7, 11) is 0. The molecule has 0 fully saturated rings. The van der Waals surface area contributed by atoms with Gasteiger partial charge in [-0.25, -0.2) is 0 Å². The number of nitrogens with zero attached hydrogens (tertiary/aromatic N) is 1. The first-order valence-corrected chi connectivity index (χ1v) is 7.78. The Morgan fingerprint density at radius 2 is 1.57 bits per heavy atom. The molecule has 2 aromatic carbocycles. The summed E-state index contributed by atoms with van der Waals surface area (Å²) in [5, 5.41) is 0. The summed E-state index contributed by atoms with van der Waals surface area (Å²) in [5.74, 6) is 0. The Balaban J connectivity index is 2.18. The van der Waals surface area contributed by atoms with Crippen LogP contribution in [0.3, 0.4) is 0 Å². The summed E-state index contributed by atoms with van der Waals surface area (Å²) < 4.78 is 0. The van der Waals surface area contributed by atoms with E-state index in [1.807, 2.05) is 0 Å². The largest absolute Gasteiger partial charge is 0.365 e. The highest BCUT2D eigenvalue weighted by Crippen LogP contribution is 2.23. The van der Waals surface area contributed by atoms with E-state index in [0.717, 1.165) is 13.0 Å². The molecule has 0 amide bonds. The molecule has 0 aliphatic heterocycles. The van der Waals surface area contributed by atoms with Crippen molar-refractivity contribution in [1.29, 1.82) is 0 Å². The molecule has 1 atom stereocenters. The normalized spacial score (nSPS) is 12.4. The number of anilines is 1. The molecule has 0 radical (unpaired) electrons. The van der Waals surface area contributed by atoms with Crippen LogP contribution < -0.4 is 10.6 Å². The molecule has 2 N–H and O–H groups in total. The first kappa shape index (κ1) is 15.6. The highest BCUT2D eigenvalue weighted by Gasteiger charge is 2.12. The van der Waals surface area contributed by atoms with E-state index in [-0.39, 0.29) is 6.04 Å². The van der Waals surface area contributed by atoms with Crippen LogP contribution in [-0.4, -0.2) is 6.04 Å². The Kier molecular flexibility index (Phi) is 5.40. The topological polar surface area (TPSA) is 29.3 Å². The summed E-state index contributed by atoms with van der Waals surface area (Å²) in [6.45, 7) is 7.51. The molecule has 0 saturated heterocycles. The van der Waals surface area contributed by atoms with Gasteiger partial charge >= 0.3 is 0 Å². The molecule has 2 nitrogen and oxygen atoms in total. The summed E-state index contributed by atoms with van der Waals surface area (Å²) in [6, 6.07) is 19.9.